The molecule has 48 heavy (non-hydrogen) atoms. The number of carbonyl (C=O) groups excluding carboxylic acids is 1. The summed E-state index contributed by atoms with van der Waals surface area (Å²) in [4.78, 5) is 26.3. The number of rotatable bonds is 6. The quantitative estimate of drug-likeness (QED) is 0.232. The number of anilines is 1. The first kappa shape index (κ1) is 30.9. The summed E-state index contributed by atoms with van der Waals surface area (Å²) in [6.07, 6.45) is 7.94. The van der Waals surface area contributed by atoms with E-state index in [1.165, 1.54) is 6.07 Å². The molecule has 1 amide bonds. The van der Waals surface area contributed by atoms with Crippen LogP contribution in [0.25, 0.3) is 32.9 Å². The molecule has 3 aliphatic heterocycles. The van der Waals surface area contributed by atoms with E-state index in [1.54, 1.807) is 22.7 Å². The predicted molar refractivity (Wildman–Crippen MR) is 179 cm³/mol. The molecule has 0 spiro atoms. The number of phenols is 1. The molecule has 4 aromatic rings. The summed E-state index contributed by atoms with van der Waals surface area (Å²) in [6.45, 7) is 11.0. The number of halogens is 1. The van der Waals surface area contributed by atoms with Crippen molar-refractivity contribution in [2.24, 2.45) is 0 Å². The number of hydrogen-bond donors (Lipinski definition) is 1. The zero-order valence-corrected chi connectivity index (χ0v) is 28.0. The van der Waals surface area contributed by atoms with Gasteiger partial charge in [-0.2, -0.15) is 15.1 Å². The minimum absolute atomic E-state index is 0.0376. The molecule has 12 heteroatoms. The van der Waals surface area contributed by atoms with Gasteiger partial charge in [-0.25, -0.2) is 13.9 Å². The number of fused-ring (bicyclic) bond motifs is 3. The number of carbonyl (C=O) groups is 1. The molecule has 5 heterocycles. The van der Waals surface area contributed by atoms with E-state index in [1.807, 2.05) is 27.7 Å². The van der Waals surface area contributed by atoms with Crippen molar-refractivity contribution in [1.29, 1.82) is 0 Å². The molecule has 2 bridgehead atoms. The molecule has 252 valence electrons. The van der Waals surface area contributed by atoms with Crippen LogP contribution >= 0.6 is 0 Å². The van der Waals surface area contributed by atoms with Crippen LogP contribution in [-0.4, -0.2) is 73.8 Å². The largest absolute Gasteiger partial charge is 0.505 e. The molecule has 1 unspecified atom stereocenters. The molecule has 2 aromatic carbocycles. The first-order valence-electron chi connectivity index (χ1n) is 17.0. The summed E-state index contributed by atoms with van der Waals surface area (Å²) in [5.74, 6) is 0.392. The van der Waals surface area contributed by atoms with Gasteiger partial charge >= 0.3 is 12.1 Å². The van der Waals surface area contributed by atoms with Crippen molar-refractivity contribution in [1.82, 2.24) is 24.6 Å². The third-order valence-corrected chi connectivity index (χ3v) is 9.74. The maximum atomic E-state index is 15.9. The van der Waals surface area contributed by atoms with Gasteiger partial charge in [0.25, 0.3) is 0 Å². The summed E-state index contributed by atoms with van der Waals surface area (Å²) < 4.78 is 35.1. The highest BCUT2D eigenvalue weighted by Gasteiger charge is 2.42. The van der Waals surface area contributed by atoms with Crippen molar-refractivity contribution >= 4 is 33.7 Å². The van der Waals surface area contributed by atoms with Crippen molar-refractivity contribution in [3.05, 3.63) is 47.0 Å². The van der Waals surface area contributed by atoms with E-state index in [2.05, 4.69) is 22.1 Å². The summed E-state index contributed by atoms with van der Waals surface area (Å²) in [5, 5.41) is 18.4. The number of aromatic nitrogens is 4. The van der Waals surface area contributed by atoms with Gasteiger partial charge in [0.15, 0.2) is 6.23 Å². The fourth-order valence-corrected chi connectivity index (χ4v) is 7.37. The van der Waals surface area contributed by atoms with Gasteiger partial charge < -0.3 is 24.2 Å². The Balaban J connectivity index is 1.27. The van der Waals surface area contributed by atoms with Gasteiger partial charge in [-0.3, -0.25) is 4.90 Å². The Morgan fingerprint density at radius 1 is 1.12 bits per heavy atom. The second-order valence-corrected chi connectivity index (χ2v) is 14.3. The third-order valence-electron chi connectivity index (χ3n) is 9.74. The van der Waals surface area contributed by atoms with Crippen molar-refractivity contribution in [2.45, 2.75) is 90.5 Å². The lowest BCUT2D eigenvalue weighted by atomic mass is 9.88. The highest BCUT2D eigenvalue weighted by molar-refractivity contribution is 6.06. The van der Waals surface area contributed by atoms with Crippen molar-refractivity contribution in [3.63, 3.8) is 0 Å². The van der Waals surface area contributed by atoms with E-state index in [9.17, 15) is 9.90 Å². The SMILES string of the molecule is CCOc1nc(N2C[C@@H]3C=C2CN3C(=O)OC(C)(C)C)c2cc(C3CC3)c(-c3c(C)c(F)cc4c3cnn4C3CCCCO3)c(O)c2n1. The van der Waals surface area contributed by atoms with Crippen molar-refractivity contribution in [3.8, 4) is 22.9 Å². The molecule has 1 saturated carbocycles. The standard InChI is InChI=1S/C36H41FN6O5/c1-6-46-34-39-31-24(33(40-34)41-17-22-13-21(41)18-42(22)35(45)48-36(3,4)5)14-23(20-10-11-20)30(32(31)44)29-19(2)26(37)15-27-25(29)16-38-43(27)28-9-7-8-12-47-28/h13-16,20,22,28,44H,6-12,17-18H2,1-5H3/t22-,28?/m0/s1. The first-order valence-corrected chi connectivity index (χ1v) is 17.0. The summed E-state index contributed by atoms with van der Waals surface area (Å²) in [7, 11) is 0. The average molecular weight is 657 g/mol. The van der Waals surface area contributed by atoms with Crippen LogP contribution in [-0.2, 0) is 9.47 Å². The molecule has 2 fully saturated rings. The first-order chi connectivity index (χ1) is 23.0. The van der Waals surface area contributed by atoms with Crippen LogP contribution in [0.15, 0.2) is 30.1 Å². The molecule has 11 nitrogen and oxygen atoms in total. The Labute approximate surface area is 278 Å². The molecule has 1 N–H and O–H groups in total. The Hall–Kier alpha value is -4.45. The minimum atomic E-state index is -0.596. The number of nitrogens with zero attached hydrogens (tertiary/aromatic N) is 6. The van der Waals surface area contributed by atoms with Crippen LogP contribution in [0.2, 0.25) is 0 Å². The summed E-state index contributed by atoms with van der Waals surface area (Å²) in [6, 6.07) is 3.55. The number of piperazine rings is 1. The van der Waals surface area contributed by atoms with E-state index < -0.39 is 5.60 Å². The molecular weight excluding hydrogens is 615 g/mol. The van der Waals surface area contributed by atoms with E-state index >= 15 is 4.39 Å². The fraction of sp³-hybridized carbons (Fsp3) is 0.500. The molecular formula is C36H41FN6O5. The van der Waals surface area contributed by atoms with Crippen LogP contribution < -0.4 is 9.64 Å². The average Bonchev–Trinajstić information content (AvgIpc) is 3.49. The van der Waals surface area contributed by atoms with Crippen molar-refractivity contribution < 1.29 is 28.5 Å². The maximum Gasteiger partial charge on any atom is 0.411 e. The van der Waals surface area contributed by atoms with Crippen LogP contribution in [0.5, 0.6) is 11.8 Å². The molecule has 2 atom stereocenters. The third kappa shape index (κ3) is 5.12. The molecule has 1 aliphatic carbocycles. The monoisotopic (exact) mass is 656 g/mol. The molecule has 0 radical (unpaired) electrons. The molecule has 8 rings (SSSR count). The molecule has 2 aromatic heterocycles. The fourth-order valence-electron chi connectivity index (χ4n) is 7.37. The van der Waals surface area contributed by atoms with Gasteiger partial charge in [0.2, 0.25) is 0 Å². The van der Waals surface area contributed by atoms with Gasteiger partial charge in [0, 0.05) is 46.8 Å². The zero-order valence-electron chi connectivity index (χ0n) is 28.0. The molecule has 4 aliphatic rings. The lowest BCUT2D eigenvalue weighted by molar-refractivity contribution is -0.0366. The van der Waals surface area contributed by atoms with Crippen LogP contribution in [0.1, 0.15) is 83.1 Å². The van der Waals surface area contributed by atoms with Crippen LogP contribution in [0.3, 0.4) is 0 Å². The number of phenolic OH excluding ortho intramolecular Hbond substituents is 1. The van der Waals surface area contributed by atoms with Crippen LogP contribution in [0, 0.1) is 12.7 Å². The number of aromatic hydroxyl groups is 1. The number of benzene rings is 2. The lowest BCUT2D eigenvalue weighted by Crippen LogP contribution is -2.48. The Kier molecular flexibility index (Phi) is 7.28. The number of ether oxygens (including phenoxy) is 3. The van der Waals surface area contributed by atoms with Gasteiger partial charge in [-0.1, -0.05) is 0 Å². The van der Waals surface area contributed by atoms with E-state index in [0.29, 0.717) is 65.2 Å². The van der Waals surface area contributed by atoms with Gasteiger partial charge in [0.05, 0.1) is 30.9 Å². The second-order valence-electron chi connectivity index (χ2n) is 14.3. The Morgan fingerprint density at radius 2 is 1.94 bits per heavy atom. The highest BCUT2D eigenvalue weighted by Crippen LogP contribution is 2.53. The van der Waals surface area contributed by atoms with E-state index in [0.717, 1.165) is 48.8 Å². The predicted octanol–water partition coefficient (Wildman–Crippen LogP) is 7.10. The normalized spacial score (nSPS) is 21.0. The highest BCUT2D eigenvalue weighted by atomic mass is 19.1. The minimum Gasteiger partial charge on any atom is -0.505 e. The van der Waals surface area contributed by atoms with E-state index in [4.69, 9.17) is 24.2 Å². The Morgan fingerprint density at radius 3 is 2.60 bits per heavy atom. The topological polar surface area (TPSA) is 115 Å². The van der Waals surface area contributed by atoms with Crippen molar-refractivity contribution in [2.75, 3.05) is 31.2 Å². The number of hydrogen-bond acceptors (Lipinski definition) is 9. The maximum absolute atomic E-state index is 15.9. The second kappa shape index (κ2) is 11.3. The zero-order chi connectivity index (χ0) is 33.5. The number of amides is 1. The summed E-state index contributed by atoms with van der Waals surface area (Å²) >= 11 is 0. The lowest BCUT2D eigenvalue weighted by Gasteiger charge is -2.35. The van der Waals surface area contributed by atoms with Gasteiger partial charge in [-0.05, 0) is 95.9 Å². The van der Waals surface area contributed by atoms with E-state index in [-0.39, 0.29) is 41.9 Å². The molecule has 1 saturated heterocycles. The Bertz CT molecular complexity index is 1990. The van der Waals surface area contributed by atoms with Gasteiger partial charge in [0.1, 0.15) is 28.5 Å². The summed E-state index contributed by atoms with van der Waals surface area (Å²) in [5.41, 5.74) is 3.84. The smallest absolute Gasteiger partial charge is 0.411 e. The van der Waals surface area contributed by atoms with Gasteiger partial charge in [-0.15, -0.1) is 0 Å². The van der Waals surface area contributed by atoms with Crippen LogP contribution in [0.4, 0.5) is 15.0 Å².